The number of phenolic OH excluding ortho intramolecular Hbond substituents is 12. The molecule has 28 heteroatoms. The molecule has 0 bridgehead atoms. The number of phenols is 12. The van der Waals surface area contributed by atoms with Crippen LogP contribution in [0.1, 0.15) is 59.3 Å². The second kappa shape index (κ2) is 19.5. The lowest BCUT2D eigenvalue weighted by Crippen LogP contribution is -2.62. The Kier molecular flexibility index (Phi) is 14.0. The molecule has 0 amide bonds. The molecule has 1 unspecified atom stereocenters. The van der Waals surface area contributed by atoms with Gasteiger partial charge in [0.2, 0.25) is 18.1 Å². The lowest BCUT2D eigenvalue weighted by molar-refractivity contribution is -0.288. The van der Waals surface area contributed by atoms with Crippen molar-refractivity contribution < 1.29 is 138 Å². The SMILES string of the molecule is COC(=O)[C@H]1OC(=O)c2cc(O)c(O)c(O)c2[C@@H]1[C@H](CC(=O)O)C(=O)OC1[C@@H](COC(=O)c2cc(O)c(O)c(O)c2)O[C@@H](OC(=O)c2cc(O)c(O)c(O)c2)[C@H](O)[C@H]1OC(=O)c1cc(O)c(O)c(O)c1. The van der Waals surface area contributed by atoms with Crippen LogP contribution in [-0.4, -0.2) is 164 Å². The number of ether oxygens (including phenoxy) is 7. The number of hydrogen-bond acceptors (Lipinski definition) is 27. The molecule has 70 heavy (non-hydrogen) atoms. The number of carboxylic acid groups (broad SMARTS) is 1. The zero-order chi connectivity index (χ0) is 51.8. The van der Waals surface area contributed by atoms with Crippen LogP contribution in [0, 0.1) is 5.92 Å². The Balaban J connectivity index is 1.49. The minimum atomic E-state index is -2.65. The van der Waals surface area contributed by atoms with E-state index in [2.05, 4.69) is 4.74 Å². The highest BCUT2D eigenvalue weighted by Crippen LogP contribution is 2.50. The van der Waals surface area contributed by atoms with Crippen LogP contribution in [0.25, 0.3) is 0 Å². The predicted molar refractivity (Wildman–Crippen MR) is 215 cm³/mol. The summed E-state index contributed by atoms with van der Waals surface area (Å²) in [6.45, 7) is -1.32. The van der Waals surface area contributed by atoms with E-state index in [4.69, 9.17) is 28.4 Å². The van der Waals surface area contributed by atoms with E-state index in [9.17, 15) is 105 Å². The summed E-state index contributed by atoms with van der Waals surface area (Å²) in [4.78, 5) is 93.8. The third kappa shape index (κ3) is 9.73. The highest BCUT2D eigenvalue weighted by Gasteiger charge is 2.55. The van der Waals surface area contributed by atoms with Crippen molar-refractivity contribution in [3.8, 4) is 69.0 Å². The molecule has 2 aliphatic rings. The number of aliphatic hydroxyl groups is 1. The van der Waals surface area contributed by atoms with Crippen LogP contribution in [0.2, 0.25) is 0 Å². The molecule has 0 aromatic heterocycles. The van der Waals surface area contributed by atoms with Crippen molar-refractivity contribution in [2.75, 3.05) is 13.7 Å². The minimum absolute atomic E-state index is 0.518. The van der Waals surface area contributed by atoms with E-state index in [-0.39, 0.29) is 0 Å². The number of cyclic esters (lactones) is 1. The maximum absolute atomic E-state index is 14.7. The number of carboxylic acids is 1. The molecule has 2 heterocycles. The van der Waals surface area contributed by atoms with Gasteiger partial charge in [0.1, 0.15) is 12.7 Å². The van der Waals surface area contributed by atoms with Gasteiger partial charge >= 0.3 is 41.8 Å². The number of aromatic hydroxyl groups is 12. The smallest absolute Gasteiger partial charge is 0.347 e. The Morgan fingerprint density at radius 3 is 1.53 bits per heavy atom. The van der Waals surface area contributed by atoms with Crippen LogP contribution in [0.5, 0.6) is 69.0 Å². The highest BCUT2D eigenvalue weighted by atomic mass is 16.7. The van der Waals surface area contributed by atoms with E-state index in [1.807, 2.05) is 0 Å². The fraction of sp³-hybridized carbons (Fsp3) is 0.262. The molecule has 1 saturated heterocycles. The zero-order valence-corrected chi connectivity index (χ0v) is 35.1. The second-order valence-electron chi connectivity index (χ2n) is 15.0. The number of aliphatic carboxylic acids is 1. The average molecular weight is 989 g/mol. The van der Waals surface area contributed by atoms with E-state index < -0.39 is 200 Å². The Bertz CT molecular complexity index is 2750. The van der Waals surface area contributed by atoms with E-state index >= 15 is 0 Å². The summed E-state index contributed by atoms with van der Waals surface area (Å²) in [6, 6.07) is 3.87. The fourth-order valence-electron chi connectivity index (χ4n) is 7.23. The van der Waals surface area contributed by atoms with Crippen LogP contribution < -0.4 is 0 Å². The van der Waals surface area contributed by atoms with Gasteiger partial charge in [-0.25, -0.2) is 24.0 Å². The fourth-order valence-corrected chi connectivity index (χ4v) is 7.23. The third-order valence-electron chi connectivity index (χ3n) is 10.6. The first-order valence-corrected chi connectivity index (χ1v) is 19.5. The van der Waals surface area contributed by atoms with E-state index in [0.29, 0.717) is 42.5 Å². The summed E-state index contributed by atoms with van der Waals surface area (Å²) in [6.07, 6.45) is -16.3. The molecule has 0 spiro atoms. The molecule has 14 N–H and O–H groups in total. The van der Waals surface area contributed by atoms with Crippen molar-refractivity contribution in [2.24, 2.45) is 5.92 Å². The summed E-state index contributed by atoms with van der Waals surface area (Å²) < 4.78 is 37.1. The van der Waals surface area contributed by atoms with Crippen LogP contribution >= 0.6 is 0 Å². The van der Waals surface area contributed by atoms with Crippen molar-refractivity contribution in [3.63, 3.8) is 0 Å². The van der Waals surface area contributed by atoms with Crippen LogP contribution in [-0.2, 0) is 47.5 Å². The number of aliphatic hydroxyl groups excluding tert-OH is 1. The number of carbonyl (C=O) groups excluding carboxylic acids is 6. The molecule has 4 aromatic carbocycles. The Hall–Kier alpha value is -9.31. The van der Waals surface area contributed by atoms with Gasteiger partial charge in [0, 0.05) is 5.56 Å². The maximum atomic E-state index is 14.7. The first-order valence-electron chi connectivity index (χ1n) is 19.5. The van der Waals surface area contributed by atoms with E-state index in [0.717, 1.165) is 7.11 Å². The zero-order valence-electron chi connectivity index (χ0n) is 35.1. The molecule has 1 fully saturated rings. The summed E-state index contributed by atoms with van der Waals surface area (Å²) >= 11 is 0. The van der Waals surface area contributed by atoms with E-state index in [1.165, 1.54) is 0 Å². The quantitative estimate of drug-likeness (QED) is 0.0475. The van der Waals surface area contributed by atoms with Gasteiger partial charge in [0.25, 0.3) is 0 Å². The molecule has 8 atom stereocenters. The van der Waals surface area contributed by atoms with Crippen molar-refractivity contribution >= 4 is 41.8 Å². The van der Waals surface area contributed by atoms with Gasteiger partial charge in [0.15, 0.2) is 81.6 Å². The first-order chi connectivity index (χ1) is 32.8. The van der Waals surface area contributed by atoms with Crippen molar-refractivity contribution in [1.82, 2.24) is 0 Å². The predicted octanol–water partition coefficient (Wildman–Crippen LogP) is -0.0225. The van der Waals surface area contributed by atoms with Gasteiger partial charge in [0.05, 0.1) is 47.6 Å². The van der Waals surface area contributed by atoms with Gasteiger partial charge in [-0.15, -0.1) is 0 Å². The molecule has 0 saturated carbocycles. The summed E-state index contributed by atoms with van der Waals surface area (Å²) in [7, 11) is 0.762. The third-order valence-corrected chi connectivity index (χ3v) is 10.6. The molecule has 372 valence electrons. The summed E-state index contributed by atoms with van der Waals surface area (Å²) in [5.41, 5.74) is -4.01. The standard InChI is InChI=1S/C42H36O28/c1-64-41(63)34-26(25-14(39(61)68-34)8-22(49)30(55)31(25)56)15(9-24(50)51)40(62)67-33-23(10-65-36(58)11-2-16(43)27(52)17(44)3-11)66-42(70-38(60)13-6-20(47)29(54)21(48)7-13)32(57)35(33)69-37(59)12-4-18(45)28(53)19(46)5-12/h2-8,15,23,26,32-35,42-49,52-57H,9-10H2,1H3,(H,50,51)/t15-,23+,26-,32+,33?,34-,35+,42-/m0/s1. The number of rotatable bonds is 13. The average Bonchev–Trinajstić information content (AvgIpc) is 3.30. The Labute approximate surface area is 387 Å². The Morgan fingerprint density at radius 2 is 1.06 bits per heavy atom. The number of fused-ring (bicyclic) bond motifs is 1. The number of esters is 6. The van der Waals surface area contributed by atoms with Crippen LogP contribution in [0.4, 0.5) is 0 Å². The molecular formula is C42H36O28. The molecule has 0 radical (unpaired) electrons. The highest BCUT2D eigenvalue weighted by molar-refractivity contribution is 5.99. The monoisotopic (exact) mass is 988 g/mol. The van der Waals surface area contributed by atoms with Gasteiger partial charge in [-0.1, -0.05) is 0 Å². The van der Waals surface area contributed by atoms with Crippen molar-refractivity contribution in [1.29, 1.82) is 0 Å². The number of carbonyl (C=O) groups is 7. The topological polar surface area (TPSA) is 467 Å². The number of benzene rings is 4. The van der Waals surface area contributed by atoms with Crippen LogP contribution in [0.15, 0.2) is 42.5 Å². The van der Waals surface area contributed by atoms with Gasteiger partial charge in [-0.3, -0.25) is 9.59 Å². The Morgan fingerprint density at radius 1 is 0.600 bits per heavy atom. The number of methoxy groups -OCH3 is 1. The van der Waals surface area contributed by atoms with Crippen molar-refractivity contribution in [2.45, 2.75) is 49.1 Å². The minimum Gasteiger partial charge on any atom is -0.504 e. The lowest BCUT2D eigenvalue weighted by atomic mass is 9.75. The lowest BCUT2D eigenvalue weighted by Gasteiger charge is -2.43. The first kappa shape index (κ1) is 50.1. The largest absolute Gasteiger partial charge is 0.504 e. The summed E-state index contributed by atoms with van der Waals surface area (Å²) in [5, 5.41) is 143. The second-order valence-corrected chi connectivity index (χ2v) is 15.0. The van der Waals surface area contributed by atoms with Gasteiger partial charge in [-0.05, 0) is 42.5 Å². The van der Waals surface area contributed by atoms with Crippen LogP contribution in [0.3, 0.4) is 0 Å². The molecule has 28 nitrogen and oxygen atoms in total. The molecule has 2 aliphatic heterocycles. The van der Waals surface area contributed by atoms with E-state index in [1.54, 1.807) is 0 Å². The van der Waals surface area contributed by atoms with Gasteiger partial charge in [-0.2, -0.15) is 0 Å². The summed E-state index contributed by atoms with van der Waals surface area (Å²) in [5.74, 6) is -29.9. The number of hydrogen-bond donors (Lipinski definition) is 14. The van der Waals surface area contributed by atoms with Crippen molar-refractivity contribution in [3.05, 3.63) is 70.3 Å². The molecule has 6 rings (SSSR count). The molecule has 0 aliphatic carbocycles. The molecular weight excluding hydrogens is 952 g/mol. The van der Waals surface area contributed by atoms with Gasteiger partial charge < -0.3 is 105 Å². The normalized spacial score (nSPS) is 20.9. The molecule has 4 aromatic rings. The maximum Gasteiger partial charge on any atom is 0.347 e.